The van der Waals surface area contributed by atoms with Gasteiger partial charge in [-0.2, -0.15) is 0 Å². The van der Waals surface area contributed by atoms with E-state index in [0.717, 1.165) is 23.0 Å². The summed E-state index contributed by atoms with van der Waals surface area (Å²) in [5.74, 6) is -1.15. The molecule has 216 valence electrons. The van der Waals surface area contributed by atoms with Crippen LogP contribution >= 0.6 is 0 Å². The van der Waals surface area contributed by atoms with Crippen LogP contribution in [0.15, 0.2) is 72.8 Å². The van der Waals surface area contributed by atoms with Crippen molar-refractivity contribution in [2.45, 2.75) is 18.5 Å². The number of hydrogen-bond donors (Lipinski definition) is 6. The number of likely N-dealkylation sites (N-methyl/N-ethyl adjacent to an activating group) is 1. The summed E-state index contributed by atoms with van der Waals surface area (Å²) >= 11 is 0. The van der Waals surface area contributed by atoms with E-state index in [1.807, 2.05) is 7.05 Å². The minimum atomic E-state index is -0.796. The molecule has 2 aliphatic heterocycles. The molecule has 0 saturated carbocycles. The third kappa shape index (κ3) is 5.27. The maximum atomic E-state index is 13.5. The molecule has 42 heavy (non-hydrogen) atoms. The van der Waals surface area contributed by atoms with Gasteiger partial charge < -0.3 is 41.7 Å². The molecular formula is C32H32N4O6. The molecule has 4 aromatic rings. The third-order valence-corrected chi connectivity index (χ3v) is 7.75. The Kier molecular flexibility index (Phi) is 7.40. The van der Waals surface area contributed by atoms with Gasteiger partial charge in [-0.3, -0.25) is 9.59 Å². The third-order valence-electron chi connectivity index (χ3n) is 7.75. The summed E-state index contributed by atoms with van der Waals surface area (Å²) < 4.78 is 0. The highest BCUT2D eigenvalue weighted by atomic mass is 16.3. The Labute approximate surface area is 242 Å². The Morgan fingerprint density at radius 1 is 0.738 bits per heavy atom. The van der Waals surface area contributed by atoms with Crippen LogP contribution in [0.1, 0.15) is 43.0 Å². The van der Waals surface area contributed by atoms with Crippen molar-refractivity contribution in [2.24, 2.45) is 0 Å². The number of aromatic hydroxyl groups is 4. The number of carbonyl (C=O) groups is 2. The Morgan fingerprint density at radius 2 is 1.21 bits per heavy atom. The van der Waals surface area contributed by atoms with Crippen LogP contribution in [0.2, 0.25) is 0 Å². The number of phenolic OH excluding ortho intramolecular Hbond substituents is 4. The molecule has 0 radical (unpaired) electrons. The van der Waals surface area contributed by atoms with Crippen molar-refractivity contribution in [3.8, 4) is 23.0 Å². The summed E-state index contributed by atoms with van der Waals surface area (Å²) in [7, 11) is 1.94. The minimum Gasteiger partial charge on any atom is -0.504 e. The molecule has 1 atom stereocenters. The molecule has 10 heteroatoms. The van der Waals surface area contributed by atoms with E-state index < -0.39 is 5.41 Å². The van der Waals surface area contributed by atoms with E-state index in [1.54, 1.807) is 71.6 Å². The van der Waals surface area contributed by atoms with E-state index in [4.69, 9.17) is 11.5 Å². The number of phenols is 4. The number of rotatable bonds is 2. The summed E-state index contributed by atoms with van der Waals surface area (Å²) in [5, 5.41) is 41.0. The quantitative estimate of drug-likeness (QED) is 0.120. The lowest BCUT2D eigenvalue weighted by atomic mass is 9.66. The molecule has 2 heterocycles. The second kappa shape index (κ2) is 11.0. The molecule has 10 nitrogen and oxygen atoms in total. The lowest BCUT2D eigenvalue weighted by Gasteiger charge is -2.49. The van der Waals surface area contributed by atoms with Crippen LogP contribution in [0.4, 0.5) is 11.4 Å². The highest BCUT2D eigenvalue weighted by Crippen LogP contribution is 2.49. The van der Waals surface area contributed by atoms with Crippen molar-refractivity contribution in [1.29, 1.82) is 0 Å². The van der Waals surface area contributed by atoms with Gasteiger partial charge in [0.15, 0.2) is 23.0 Å². The molecule has 0 saturated heterocycles. The summed E-state index contributed by atoms with van der Waals surface area (Å²) in [4.78, 5) is 27.3. The van der Waals surface area contributed by atoms with Gasteiger partial charge in [0.1, 0.15) is 6.29 Å². The van der Waals surface area contributed by atoms with Crippen molar-refractivity contribution in [2.75, 3.05) is 31.6 Å². The fourth-order valence-corrected chi connectivity index (χ4v) is 5.85. The Balaban J connectivity index is 0.000000336. The number of hydrogen-bond acceptors (Lipinski definition) is 9. The normalized spacial score (nSPS) is 17.5. The van der Waals surface area contributed by atoms with Gasteiger partial charge in [0.2, 0.25) is 0 Å². The molecule has 1 amide bonds. The number of nitrogens with zero attached hydrogens (tertiary/aromatic N) is 2. The average molecular weight is 569 g/mol. The average Bonchev–Trinajstić information content (AvgIpc) is 2.96. The van der Waals surface area contributed by atoms with Crippen LogP contribution in [0.25, 0.3) is 0 Å². The number of anilines is 2. The minimum absolute atomic E-state index is 0.189. The van der Waals surface area contributed by atoms with Crippen molar-refractivity contribution in [3.63, 3.8) is 0 Å². The fourth-order valence-electron chi connectivity index (χ4n) is 5.85. The maximum Gasteiger partial charge on any atom is 0.254 e. The van der Waals surface area contributed by atoms with E-state index in [-0.39, 0.29) is 42.0 Å². The van der Waals surface area contributed by atoms with Gasteiger partial charge in [-0.1, -0.05) is 0 Å². The monoisotopic (exact) mass is 568 g/mol. The lowest BCUT2D eigenvalue weighted by molar-refractivity contribution is 0.0654. The Morgan fingerprint density at radius 3 is 1.74 bits per heavy atom. The molecule has 6 rings (SSSR count). The number of carbonyl (C=O) groups excluding carboxylic acids is 2. The van der Waals surface area contributed by atoms with Crippen molar-refractivity contribution >= 4 is 23.6 Å². The summed E-state index contributed by atoms with van der Waals surface area (Å²) in [5.41, 5.74) is 15.8. The summed E-state index contributed by atoms with van der Waals surface area (Å²) in [6.45, 7) is 1.59. The second-order valence-electron chi connectivity index (χ2n) is 10.8. The van der Waals surface area contributed by atoms with Crippen LogP contribution in [0, 0.1) is 0 Å². The van der Waals surface area contributed by atoms with Crippen LogP contribution in [0.3, 0.4) is 0 Å². The zero-order chi connectivity index (χ0) is 30.2. The van der Waals surface area contributed by atoms with Crippen molar-refractivity contribution < 1.29 is 30.0 Å². The van der Waals surface area contributed by atoms with Gasteiger partial charge in [-0.25, -0.2) is 0 Å². The molecule has 0 fully saturated rings. The van der Waals surface area contributed by atoms with Crippen molar-refractivity contribution in [1.82, 2.24) is 9.80 Å². The number of nitrogen functional groups attached to an aromatic ring is 2. The van der Waals surface area contributed by atoms with Gasteiger partial charge in [-0.15, -0.1) is 0 Å². The summed E-state index contributed by atoms with van der Waals surface area (Å²) in [6, 6.07) is 19.6. The standard InChI is InChI=1S/C25H25N3O5.C7H7NO/c1-27-10-15-6-20(29)22(31)8-18(15)25(12-27)13-28(24(33)14-2-4-17(26)5-3-14)11-16-7-21(30)23(32)9-19(16)25;8-7-3-1-6(5-9)2-4-7/h2-9,29-32H,10-13,26H2,1H3;1-5H,8H2. The molecule has 2 aliphatic rings. The molecule has 4 aromatic carbocycles. The van der Waals surface area contributed by atoms with E-state index in [2.05, 4.69) is 4.90 Å². The molecular weight excluding hydrogens is 536 g/mol. The molecule has 0 aromatic heterocycles. The highest BCUT2D eigenvalue weighted by molar-refractivity contribution is 5.95. The van der Waals surface area contributed by atoms with Crippen LogP contribution in [0.5, 0.6) is 23.0 Å². The predicted molar refractivity (Wildman–Crippen MR) is 158 cm³/mol. The first-order valence-corrected chi connectivity index (χ1v) is 13.3. The molecule has 1 unspecified atom stereocenters. The number of nitrogens with two attached hydrogens (primary N) is 2. The van der Waals surface area contributed by atoms with Gasteiger partial charge in [0, 0.05) is 48.7 Å². The van der Waals surface area contributed by atoms with Gasteiger partial charge in [0.05, 0.1) is 5.41 Å². The Bertz CT molecular complexity index is 1660. The first kappa shape index (κ1) is 28.3. The number of benzene rings is 4. The molecule has 0 aliphatic carbocycles. The predicted octanol–water partition coefficient (Wildman–Crippen LogP) is 3.56. The second-order valence-corrected chi connectivity index (χ2v) is 10.8. The van der Waals surface area contributed by atoms with Gasteiger partial charge >= 0.3 is 0 Å². The SMILES string of the molecule is CN1Cc2cc(O)c(O)cc2C2(C1)CN(C(=O)c1ccc(N)cc1)Cc1cc(O)c(O)cc12.Nc1ccc(C=O)cc1. The molecule has 1 spiro atoms. The van der Waals surface area contributed by atoms with Crippen LogP contribution in [-0.4, -0.2) is 62.6 Å². The molecule has 8 N–H and O–H groups in total. The van der Waals surface area contributed by atoms with Crippen LogP contribution in [-0.2, 0) is 18.5 Å². The van der Waals surface area contributed by atoms with Gasteiger partial charge in [0.25, 0.3) is 5.91 Å². The smallest absolute Gasteiger partial charge is 0.254 e. The van der Waals surface area contributed by atoms with E-state index >= 15 is 0 Å². The zero-order valence-electron chi connectivity index (χ0n) is 23.0. The lowest BCUT2D eigenvalue weighted by Crippen LogP contribution is -2.55. The van der Waals surface area contributed by atoms with E-state index in [1.165, 1.54) is 6.07 Å². The maximum absolute atomic E-state index is 13.5. The van der Waals surface area contributed by atoms with Gasteiger partial charge in [-0.05, 0) is 102 Å². The molecule has 0 bridgehead atoms. The zero-order valence-corrected chi connectivity index (χ0v) is 23.0. The van der Waals surface area contributed by atoms with E-state index in [0.29, 0.717) is 41.2 Å². The fraction of sp³-hybridized carbons (Fsp3) is 0.188. The first-order chi connectivity index (χ1) is 20.0. The van der Waals surface area contributed by atoms with Crippen molar-refractivity contribution in [3.05, 3.63) is 106 Å². The first-order valence-electron chi connectivity index (χ1n) is 13.3. The Hall–Kier alpha value is -5.22. The van der Waals surface area contributed by atoms with E-state index in [9.17, 15) is 30.0 Å². The number of amides is 1. The number of fused-ring (bicyclic) bond motifs is 4. The topological polar surface area (TPSA) is 174 Å². The number of aldehydes is 1. The highest BCUT2D eigenvalue weighted by Gasteiger charge is 2.47. The summed E-state index contributed by atoms with van der Waals surface area (Å²) in [6.07, 6.45) is 0.791. The largest absolute Gasteiger partial charge is 0.504 e. The van der Waals surface area contributed by atoms with Crippen LogP contribution < -0.4 is 11.5 Å².